The van der Waals surface area contributed by atoms with Crippen LogP contribution in [0.1, 0.15) is 74.6 Å². The van der Waals surface area contributed by atoms with Crippen molar-refractivity contribution in [2.24, 2.45) is 5.92 Å². The van der Waals surface area contributed by atoms with E-state index in [0.29, 0.717) is 17.5 Å². The molecule has 43 heavy (non-hydrogen) atoms. The van der Waals surface area contributed by atoms with E-state index in [2.05, 4.69) is 9.80 Å². The Labute approximate surface area is 257 Å². The van der Waals surface area contributed by atoms with Crippen molar-refractivity contribution in [1.82, 2.24) is 19.7 Å². The Morgan fingerprint density at radius 2 is 1.26 bits per heavy atom. The molecule has 3 aliphatic rings. The lowest BCUT2D eigenvalue weighted by Gasteiger charge is -2.42. The van der Waals surface area contributed by atoms with E-state index < -0.39 is 0 Å². The maximum Gasteiger partial charge on any atom is 0.254 e. The summed E-state index contributed by atoms with van der Waals surface area (Å²) in [6, 6.07) is 24.6. The number of likely N-dealkylation sites (tertiary alicyclic amines) is 1. The van der Waals surface area contributed by atoms with Gasteiger partial charge in [0.15, 0.2) is 0 Å². The van der Waals surface area contributed by atoms with E-state index in [0.717, 1.165) is 93.4 Å². The fourth-order valence-electron chi connectivity index (χ4n) is 7.30. The third-order valence-corrected chi connectivity index (χ3v) is 9.87. The van der Waals surface area contributed by atoms with Crippen LogP contribution in [0.4, 0.5) is 0 Å². The van der Waals surface area contributed by atoms with Crippen LogP contribution < -0.4 is 0 Å². The predicted octanol–water partition coefficient (Wildman–Crippen LogP) is 6.92. The number of carbonyl (C=O) groups is 2. The van der Waals surface area contributed by atoms with Gasteiger partial charge in [0.1, 0.15) is 0 Å². The zero-order valence-electron chi connectivity index (χ0n) is 25.5. The Morgan fingerprint density at radius 3 is 1.84 bits per heavy atom. The molecule has 0 unspecified atom stereocenters. The average Bonchev–Trinajstić information content (AvgIpc) is 3.09. The van der Waals surface area contributed by atoms with Gasteiger partial charge in [-0.25, -0.2) is 4.98 Å². The summed E-state index contributed by atoms with van der Waals surface area (Å²) in [7, 11) is 0. The number of rotatable bonds is 8. The summed E-state index contributed by atoms with van der Waals surface area (Å²) in [5, 5.41) is 0. The SMILES string of the molecule is O=C(CCCC1CCCCC1)N1CCC(N2CCN(C(=O)c3cc(-c4ccccc4)nc(-c4ccccc4)c3)CC2)CC1. The summed E-state index contributed by atoms with van der Waals surface area (Å²) in [6.45, 7) is 4.95. The Bertz CT molecular complexity index is 1280. The van der Waals surface area contributed by atoms with Crippen LogP contribution in [0.2, 0.25) is 0 Å². The van der Waals surface area contributed by atoms with Gasteiger partial charge >= 0.3 is 0 Å². The molecule has 0 bridgehead atoms. The molecule has 2 amide bonds. The highest BCUT2D eigenvalue weighted by molar-refractivity contribution is 5.96. The molecule has 6 rings (SSSR count). The molecule has 0 atom stereocenters. The summed E-state index contributed by atoms with van der Waals surface area (Å²) in [4.78, 5) is 38.2. The molecule has 3 fully saturated rings. The molecule has 2 aromatic carbocycles. The van der Waals surface area contributed by atoms with Crippen LogP contribution >= 0.6 is 0 Å². The van der Waals surface area contributed by atoms with Crippen molar-refractivity contribution in [2.45, 2.75) is 70.3 Å². The number of piperidine rings is 1. The Morgan fingerprint density at radius 1 is 0.674 bits per heavy atom. The van der Waals surface area contributed by atoms with Gasteiger partial charge < -0.3 is 9.80 Å². The summed E-state index contributed by atoms with van der Waals surface area (Å²) in [6.07, 6.45) is 11.9. The Balaban J connectivity index is 1.02. The smallest absolute Gasteiger partial charge is 0.254 e. The average molecular weight is 579 g/mol. The van der Waals surface area contributed by atoms with Gasteiger partial charge in [0.25, 0.3) is 5.91 Å². The molecule has 0 spiro atoms. The van der Waals surface area contributed by atoms with Gasteiger partial charge in [-0.05, 0) is 43.7 Å². The zero-order chi connectivity index (χ0) is 29.4. The van der Waals surface area contributed by atoms with Gasteiger partial charge in [-0.3, -0.25) is 14.5 Å². The number of benzene rings is 2. The highest BCUT2D eigenvalue weighted by Crippen LogP contribution is 2.29. The lowest BCUT2D eigenvalue weighted by molar-refractivity contribution is -0.133. The number of hydrogen-bond donors (Lipinski definition) is 0. The summed E-state index contributed by atoms with van der Waals surface area (Å²) < 4.78 is 0. The Kier molecular flexibility index (Phi) is 9.83. The molecule has 226 valence electrons. The van der Waals surface area contributed by atoms with Crippen molar-refractivity contribution < 1.29 is 9.59 Å². The van der Waals surface area contributed by atoms with E-state index in [1.54, 1.807) is 0 Å². The number of nitrogens with zero attached hydrogens (tertiary/aromatic N) is 4. The minimum absolute atomic E-state index is 0.0741. The summed E-state index contributed by atoms with van der Waals surface area (Å²) in [5.74, 6) is 1.28. The second kappa shape index (κ2) is 14.3. The van der Waals surface area contributed by atoms with Crippen LogP contribution in [0.5, 0.6) is 0 Å². The van der Waals surface area contributed by atoms with Crippen molar-refractivity contribution in [1.29, 1.82) is 0 Å². The van der Waals surface area contributed by atoms with Crippen LogP contribution in [-0.4, -0.2) is 76.8 Å². The molecule has 1 aliphatic carbocycles. The highest BCUT2D eigenvalue weighted by Gasteiger charge is 2.31. The lowest BCUT2D eigenvalue weighted by atomic mass is 9.86. The van der Waals surface area contributed by atoms with Crippen molar-refractivity contribution in [3.63, 3.8) is 0 Å². The minimum atomic E-state index is 0.0741. The van der Waals surface area contributed by atoms with E-state index in [-0.39, 0.29) is 5.91 Å². The third-order valence-electron chi connectivity index (χ3n) is 9.87. The van der Waals surface area contributed by atoms with Crippen LogP contribution in [0.3, 0.4) is 0 Å². The standard InChI is InChI=1S/C37H46N4O2/c42-36(18-10-13-29-11-4-1-5-12-29)40-21-19-33(20-22-40)39-23-25-41(26-24-39)37(43)32-27-34(30-14-6-2-7-15-30)38-35(28-32)31-16-8-3-9-17-31/h2-3,6-9,14-17,27-29,33H,1,4-5,10-13,18-26H2. The van der Waals surface area contributed by atoms with Crippen LogP contribution in [0.25, 0.3) is 22.5 Å². The number of aromatic nitrogens is 1. The lowest BCUT2D eigenvalue weighted by Crippen LogP contribution is -2.54. The molecule has 3 aromatic rings. The monoisotopic (exact) mass is 578 g/mol. The highest BCUT2D eigenvalue weighted by atomic mass is 16.2. The maximum absolute atomic E-state index is 13.8. The van der Waals surface area contributed by atoms with Crippen molar-refractivity contribution >= 4 is 11.8 Å². The molecular weight excluding hydrogens is 532 g/mol. The summed E-state index contributed by atoms with van der Waals surface area (Å²) >= 11 is 0. The molecule has 0 N–H and O–H groups in total. The van der Waals surface area contributed by atoms with Crippen molar-refractivity contribution in [2.75, 3.05) is 39.3 Å². The maximum atomic E-state index is 13.8. The van der Waals surface area contributed by atoms with Crippen molar-refractivity contribution in [3.8, 4) is 22.5 Å². The number of carbonyl (C=O) groups excluding carboxylic acids is 2. The number of pyridine rings is 1. The largest absolute Gasteiger partial charge is 0.343 e. The molecule has 1 aromatic heterocycles. The van der Waals surface area contributed by atoms with Crippen LogP contribution in [-0.2, 0) is 4.79 Å². The second-order valence-corrected chi connectivity index (χ2v) is 12.7. The normalized spacial score (nSPS) is 19.0. The predicted molar refractivity (Wildman–Crippen MR) is 173 cm³/mol. The van der Waals surface area contributed by atoms with E-state index in [1.807, 2.05) is 77.7 Å². The van der Waals surface area contributed by atoms with E-state index in [9.17, 15) is 9.59 Å². The van der Waals surface area contributed by atoms with Crippen LogP contribution in [0.15, 0.2) is 72.8 Å². The molecule has 0 radical (unpaired) electrons. The molecular formula is C37H46N4O2. The Hall–Kier alpha value is -3.51. The first-order valence-electron chi connectivity index (χ1n) is 16.6. The first kappa shape index (κ1) is 29.6. The van der Waals surface area contributed by atoms with Gasteiger partial charge in [-0.15, -0.1) is 0 Å². The number of hydrogen-bond acceptors (Lipinski definition) is 4. The minimum Gasteiger partial charge on any atom is -0.343 e. The van der Waals surface area contributed by atoms with Gasteiger partial charge in [0.05, 0.1) is 11.4 Å². The fourth-order valence-corrected chi connectivity index (χ4v) is 7.30. The molecule has 3 heterocycles. The van der Waals surface area contributed by atoms with E-state index in [4.69, 9.17) is 4.98 Å². The zero-order valence-corrected chi connectivity index (χ0v) is 25.5. The van der Waals surface area contributed by atoms with Gasteiger partial charge in [-0.1, -0.05) is 92.8 Å². The molecule has 2 saturated heterocycles. The van der Waals surface area contributed by atoms with E-state index >= 15 is 0 Å². The molecule has 2 aliphatic heterocycles. The first-order valence-corrected chi connectivity index (χ1v) is 16.6. The molecule has 6 heteroatoms. The van der Waals surface area contributed by atoms with Gasteiger partial charge in [0, 0.05) is 68.4 Å². The fraction of sp³-hybridized carbons (Fsp3) is 0.486. The van der Waals surface area contributed by atoms with Crippen LogP contribution in [0, 0.1) is 5.92 Å². The third kappa shape index (κ3) is 7.53. The van der Waals surface area contributed by atoms with Crippen molar-refractivity contribution in [3.05, 3.63) is 78.4 Å². The second-order valence-electron chi connectivity index (χ2n) is 12.7. The molecule has 1 saturated carbocycles. The first-order chi connectivity index (χ1) is 21.1. The number of piperazine rings is 1. The van der Waals surface area contributed by atoms with Gasteiger partial charge in [0.2, 0.25) is 5.91 Å². The van der Waals surface area contributed by atoms with Gasteiger partial charge in [-0.2, -0.15) is 0 Å². The topological polar surface area (TPSA) is 56.8 Å². The number of amides is 2. The quantitative estimate of drug-likeness (QED) is 0.291. The summed E-state index contributed by atoms with van der Waals surface area (Å²) in [5.41, 5.74) is 4.34. The molecule has 6 nitrogen and oxygen atoms in total. The van der Waals surface area contributed by atoms with E-state index in [1.165, 1.54) is 38.5 Å².